The fourth-order valence-corrected chi connectivity index (χ4v) is 9.61. The van der Waals surface area contributed by atoms with Gasteiger partial charge >= 0.3 is 6.09 Å². The van der Waals surface area contributed by atoms with E-state index in [0.717, 1.165) is 5.56 Å². The number of hydrogen-bond acceptors (Lipinski definition) is 3. The molecule has 0 radical (unpaired) electrons. The summed E-state index contributed by atoms with van der Waals surface area (Å²) in [6.45, 7) is 17.5. The number of amides is 1. The van der Waals surface area contributed by atoms with Crippen LogP contribution in [0.4, 0.5) is 4.79 Å². The summed E-state index contributed by atoms with van der Waals surface area (Å²) in [6.07, 6.45) is 0.950. The molecule has 0 bridgehead atoms. The van der Waals surface area contributed by atoms with Gasteiger partial charge in [-0.05, 0) is 22.2 Å². The third-order valence-electron chi connectivity index (χ3n) is 5.22. The molecule has 4 nitrogen and oxygen atoms in total. The van der Waals surface area contributed by atoms with Gasteiger partial charge in [-0.2, -0.15) is 0 Å². The molecule has 1 amide bonds. The number of methoxy groups -OCH3 is 1. The Kier molecular flexibility index (Phi) is 8.57. The largest absolute Gasteiger partial charge is 0.453 e. The summed E-state index contributed by atoms with van der Waals surface area (Å²) < 4.78 is 11.8. The quantitative estimate of drug-likeness (QED) is 0.435. The average Bonchev–Trinajstić information content (AvgIpc) is 2.60. The summed E-state index contributed by atoms with van der Waals surface area (Å²) in [5, 5.41) is 2.87. The van der Waals surface area contributed by atoms with Gasteiger partial charge in [-0.1, -0.05) is 78.0 Å². The van der Waals surface area contributed by atoms with Gasteiger partial charge in [-0.3, -0.25) is 0 Å². The number of hydrogen-bond donors (Lipinski definition) is 1. The highest BCUT2D eigenvalue weighted by Gasteiger charge is 2.47. The van der Waals surface area contributed by atoms with Crippen molar-refractivity contribution in [2.45, 2.75) is 70.3 Å². The van der Waals surface area contributed by atoms with Crippen LogP contribution in [0.15, 0.2) is 43.0 Å². The van der Waals surface area contributed by atoms with Gasteiger partial charge in [0.05, 0.1) is 19.3 Å². The third-order valence-corrected chi connectivity index (χ3v) is 11.3. The van der Waals surface area contributed by atoms with Crippen LogP contribution in [0.25, 0.3) is 0 Å². The van der Waals surface area contributed by atoms with Crippen molar-refractivity contribution in [3.63, 3.8) is 0 Å². The zero-order valence-corrected chi connectivity index (χ0v) is 18.3. The molecule has 0 aliphatic carbocycles. The second kappa shape index (κ2) is 9.93. The van der Waals surface area contributed by atoms with Crippen LogP contribution < -0.4 is 5.32 Å². The molecule has 1 N–H and O–H groups in total. The van der Waals surface area contributed by atoms with Crippen molar-refractivity contribution in [1.82, 2.24) is 5.32 Å². The van der Waals surface area contributed by atoms with E-state index in [1.165, 1.54) is 7.11 Å². The summed E-state index contributed by atoms with van der Waals surface area (Å²) in [7, 11) is -0.789. The average molecular weight is 378 g/mol. The van der Waals surface area contributed by atoms with E-state index in [4.69, 9.17) is 9.16 Å². The molecule has 0 aliphatic rings. The first-order chi connectivity index (χ1) is 12.2. The van der Waals surface area contributed by atoms with Crippen molar-refractivity contribution < 1.29 is 14.0 Å². The SMILES string of the molecule is C=C[C@H](NC(=O)OC)[C@@H](O[Si](C(C)C)(C(C)C)C(C)C)c1ccccc1. The lowest BCUT2D eigenvalue weighted by molar-refractivity contribution is 0.130. The van der Waals surface area contributed by atoms with Crippen LogP contribution in [-0.2, 0) is 9.16 Å². The van der Waals surface area contributed by atoms with E-state index < -0.39 is 14.4 Å². The minimum atomic E-state index is -2.15. The summed E-state index contributed by atoms with van der Waals surface area (Å²) in [5.41, 5.74) is 2.36. The number of ether oxygens (including phenoxy) is 1. The molecule has 0 saturated carbocycles. The number of carbonyl (C=O) groups is 1. The van der Waals surface area contributed by atoms with Crippen LogP contribution in [0.5, 0.6) is 0 Å². The third kappa shape index (κ3) is 4.98. The Bertz CT molecular complexity index is 550. The molecule has 1 aromatic carbocycles. The Hall–Kier alpha value is -1.59. The summed E-state index contributed by atoms with van der Waals surface area (Å²) in [4.78, 5) is 11.9. The minimum absolute atomic E-state index is 0.299. The van der Waals surface area contributed by atoms with Gasteiger partial charge in [0.2, 0.25) is 8.32 Å². The number of nitrogens with one attached hydrogen (secondary N) is 1. The lowest BCUT2D eigenvalue weighted by Crippen LogP contribution is -2.51. The first-order valence-electron chi connectivity index (χ1n) is 9.40. The fraction of sp³-hybridized carbons (Fsp3) is 0.571. The summed E-state index contributed by atoms with van der Waals surface area (Å²) >= 11 is 0. The van der Waals surface area contributed by atoms with Gasteiger partial charge in [-0.15, -0.1) is 6.58 Å². The van der Waals surface area contributed by atoms with Crippen LogP contribution in [0.3, 0.4) is 0 Å². The van der Waals surface area contributed by atoms with Gasteiger partial charge in [0, 0.05) is 0 Å². The van der Waals surface area contributed by atoms with Crippen molar-refractivity contribution in [1.29, 1.82) is 0 Å². The molecule has 1 rings (SSSR count). The topological polar surface area (TPSA) is 47.6 Å². The standard InChI is InChI=1S/C21H35NO3Si/c1-9-19(22-21(23)24-8)20(18-13-11-10-12-14-18)25-26(15(2)3,16(4)5)17(6)7/h9-17,19-20H,1H2,2-8H3,(H,22,23)/t19-,20-/m0/s1. The van der Waals surface area contributed by atoms with Gasteiger partial charge in [0.15, 0.2) is 0 Å². The number of carbonyl (C=O) groups excluding carboxylic acids is 1. The molecular formula is C21H35NO3Si. The van der Waals surface area contributed by atoms with E-state index in [-0.39, 0.29) is 12.1 Å². The predicted molar refractivity (Wildman–Crippen MR) is 111 cm³/mol. The maximum absolute atomic E-state index is 11.9. The van der Waals surface area contributed by atoms with Crippen LogP contribution in [-0.4, -0.2) is 27.6 Å². The molecule has 0 heterocycles. The predicted octanol–water partition coefficient (Wildman–Crippen LogP) is 5.83. The molecule has 146 valence electrons. The van der Waals surface area contributed by atoms with E-state index in [0.29, 0.717) is 16.6 Å². The zero-order chi connectivity index (χ0) is 19.9. The molecular weight excluding hydrogens is 342 g/mol. The molecule has 1 aromatic rings. The summed E-state index contributed by atoms with van der Waals surface area (Å²) in [5.74, 6) is 0. The van der Waals surface area contributed by atoms with E-state index in [2.05, 4.69) is 53.4 Å². The van der Waals surface area contributed by atoms with E-state index in [1.807, 2.05) is 30.3 Å². The van der Waals surface area contributed by atoms with Crippen molar-refractivity contribution in [3.8, 4) is 0 Å². The lowest BCUT2D eigenvalue weighted by atomic mass is 10.0. The Morgan fingerprint density at radius 2 is 1.54 bits per heavy atom. The Morgan fingerprint density at radius 1 is 1.04 bits per heavy atom. The van der Waals surface area contributed by atoms with Crippen LogP contribution >= 0.6 is 0 Å². The maximum Gasteiger partial charge on any atom is 0.407 e. The molecule has 0 aromatic heterocycles. The van der Waals surface area contributed by atoms with Crippen molar-refractivity contribution in [2.24, 2.45) is 0 Å². The van der Waals surface area contributed by atoms with Crippen LogP contribution in [0.1, 0.15) is 53.2 Å². The van der Waals surface area contributed by atoms with Crippen molar-refractivity contribution in [2.75, 3.05) is 7.11 Å². The monoisotopic (exact) mass is 377 g/mol. The maximum atomic E-state index is 11.9. The second-order valence-electron chi connectivity index (χ2n) is 7.66. The Balaban J connectivity index is 3.39. The normalized spacial score (nSPS) is 14.4. The van der Waals surface area contributed by atoms with Gasteiger partial charge < -0.3 is 14.5 Å². The van der Waals surface area contributed by atoms with E-state index in [9.17, 15) is 4.79 Å². The number of rotatable bonds is 9. The molecule has 5 heteroatoms. The van der Waals surface area contributed by atoms with Gasteiger partial charge in [-0.25, -0.2) is 4.79 Å². The molecule has 0 saturated heterocycles. The highest BCUT2D eigenvalue weighted by molar-refractivity contribution is 6.77. The lowest BCUT2D eigenvalue weighted by Gasteiger charge is -2.46. The van der Waals surface area contributed by atoms with Gasteiger partial charge in [0.1, 0.15) is 0 Å². The molecule has 26 heavy (non-hydrogen) atoms. The Labute approximate surface area is 160 Å². The van der Waals surface area contributed by atoms with Crippen LogP contribution in [0, 0.1) is 0 Å². The minimum Gasteiger partial charge on any atom is -0.453 e. The van der Waals surface area contributed by atoms with Gasteiger partial charge in [0.25, 0.3) is 0 Å². The molecule has 0 spiro atoms. The van der Waals surface area contributed by atoms with E-state index >= 15 is 0 Å². The highest BCUT2D eigenvalue weighted by atomic mass is 28.4. The fourth-order valence-electron chi connectivity index (χ4n) is 4.07. The highest BCUT2D eigenvalue weighted by Crippen LogP contribution is 2.45. The number of benzene rings is 1. The zero-order valence-electron chi connectivity index (χ0n) is 17.3. The smallest absolute Gasteiger partial charge is 0.407 e. The molecule has 0 fully saturated rings. The second-order valence-corrected chi connectivity index (χ2v) is 13.1. The molecule has 2 atom stereocenters. The first kappa shape index (κ1) is 22.4. The Morgan fingerprint density at radius 3 is 1.92 bits per heavy atom. The van der Waals surface area contributed by atoms with Crippen molar-refractivity contribution in [3.05, 3.63) is 48.6 Å². The van der Waals surface area contributed by atoms with E-state index in [1.54, 1.807) is 6.08 Å². The summed E-state index contributed by atoms with van der Waals surface area (Å²) in [6, 6.07) is 9.68. The molecule has 0 unspecified atom stereocenters. The van der Waals surface area contributed by atoms with Crippen molar-refractivity contribution >= 4 is 14.4 Å². The van der Waals surface area contributed by atoms with Crippen LogP contribution in [0.2, 0.25) is 16.6 Å². The number of alkyl carbamates (subject to hydrolysis) is 1. The first-order valence-corrected chi connectivity index (χ1v) is 11.5. The molecule has 0 aliphatic heterocycles.